The molecule has 21 heavy (non-hydrogen) atoms. The number of halogens is 4. The summed E-state index contributed by atoms with van der Waals surface area (Å²) in [6.45, 7) is 0. The highest BCUT2D eigenvalue weighted by Crippen LogP contribution is 2.31. The molecule has 3 N–H and O–H groups in total. The van der Waals surface area contributed by atoms with E-state index < -0.39 is 23.5 Å². The number of rotatable bonds is 3. The summed E-state index contributed by atoms with van der Waals surface area (Å²) in [6, 6.07) is 2.39. The van der Waals surface area contributed by atoms with Crippen LogP contribution < -0.4 is 20.8 Å². The number of H-pyrrole nitrogens is 1. The van der Waals surface area contributed by atoms with E-state index in [1.807, 2.05) is 0 Å². The SMILES string of the molecule is Nc1c(Oc2ccc(F)c(OC(F)(F)F)c2)nc[nH]c1=O. The number of anilines is 1. The van der Waals surface area contributed by atoms with Crippen molar-refractivity contribution in [1.82, 2.24) is 9.97 Å². The summed E-state index contributed by atoms with van der Waals surface area (Å²) < 4.78 is 58.0. The lowest BCUT2D eigenvalue weighted by Crippen LogP contribution is -2.18. The highest BCUT2D eigenvalue weighted by atomic mass is 19.4. The molecule has 0 saturated heterocycles. The zero-order chi connectivity index (χ0) is 15.6. The number of alkyl halides is 3. The van der Waals surface area contributed by atoms with Crippen LogP contribution in [0, 0.1) is 5.82 Å². The molecule has 0 saturated carbocycles. The molecule has 112 valence electrons. The number of nitrogen functional groups attached to an aromatic ring is 1. The Morgan fingerprint density at radius 3 is 2.67 bits per heavy atom. The van der Waals surface area contributed by atoms with Crippen molar-refractivity contribution in [2.45, 2.75) is 6.36 Å². The van der Waals surface area contributed by atoms with E-state index in [2.05, 4.69) is 14.7 Å². The van der Waals surface area contributed by atoms with Gasteiger partial charge in [-0.2, -0.15) is 0 Å². The summed E-state index contributed by atoms with van der Waals surface area (Å²) in [7, 11) is 0. The third kappa shape index (κ3) is 3.61. The maximum atomic E-state index is 13.2. The summed E-state index contributed by atoms with van der Waals surface area (Å²) in [5.41, 5.74) is 4.32. The molecule has 0 aliphatic rings. The van der Waals surface area contributed by atoms with Crippen molar-refractivity contribution in [3.63, 3.8) is 0 Å². The molecule has 0 fully saturated rings. The van der Waals surface area contributed by atoms with E-state index in [9.17, 15) is 22.4 Å². The number of nitrogens with one attached hydrogen (secondary N) is 1. The third-order valence-corrected chi connectivity index (χ3v) is 2.20. The van der Waals surface area contributed by atoms with Crippen molar-refractivity contribution in [2.24, 2.45) is 0 Å². The Balaban J connectivity index is 2.31. The average molecular weight is 305 g/mol. The minimum absolute atomic E-state index is 0.236. The monoisotopic (exact) mass is 305 g/mol. The highest BCUT2D eigenvalue weighted by molar-refractivity contribution is 5.47. The third-order valence-electron chi connectivity index (χ3n) is 2.20. The number of nitrogens with zero attached hydrogens (tertiary/aromatic N) is 1. The molecule has 0 radical (unpaired) electrons. The predicted molar refractivity (Wildman–Crippen MR) is 62.4 cm³/mol. The Hall–Kier alpha value is -2.78. The van der Waals surface area contributed by atoms with E-state index in [1.54, 1.807) is 0 Å². The molecule has 1 heterocycles. The van der Waals surface area contributed by atoms with Crippen LogP contribution in [0.4, 0.5) is 23.2 Å². The smallest absolute Gasteiger partial charge is 0.437 e. The summed E-state index contributed by atoms with van der Waals surface area (Å²) in [6.07, 6.45) is -4.06. The molecule has 0 spiro atoms. The van der Waals surface area contributed by atoms with E-state index in [-0.39, 0.29) is 17.3 Å². The quantitative estimate of drug-likeness (QED) is 0.848. The molecule has 1 aromatic heterocycles. The van der Waals surface area contributed by atoms with Crippen LogP contribution in [0.25, 0.3) is 0 Å². The second-order valence-corrected chi connectivity index (χ2v) is 3.69. The predicted octanol–water partition coefficient (Wildman–Crippen LogP) is 2.18. The van der Waals surface area contributed by atoms with Gasteiger partial charge in [-0.1, -0.05) is 0 Å². The minimum atomic E-state index is -5.05. The maximum Gasteiger partial charge on any atom is 0.573 e. The van der Waals surface area contributed by atoms with Crippen LogP contribution in [0.15, 0.2) is 29.3 Å². The van der Waals surface area contributed by atoms with Crippen LogP contribution >= 0.6 is 0 Å². The molecule has 2 rings (SSSR count). The zero-order valence-electron chi connectivity index (χ0n) is 10.1. The number of nitrogens with two attached hydrogens (primary N) is 1. The molecule has 0 aliphatic heterocycles. The van der Waals surface area contributed by atoms with Gasteiger partial charge >= 0.3 is 6.36 Å². The first-order valence-electron chi connectivity index (χ1n) is 5.32. The molecule has 0 aliphatic carbocycles. The van der Waals surface area contributed by atoms with Crippen molar-refractivity contribution in [2.75, 3.05) is 5.73 Å². The van der Waals surface area contributed by atoms with Crippen molar-refractivity contribution in [3.8, 4) is 17.4 Å². The Morgan fingerprint density at radius 2 is 2.00 bits per heavy atom. The second kappa shape index (κ2) is 5.31. The molecule has 0 bridgehead atoms. The lowest BCUT2D eigenvalue weighted by molar-refractivity contribution is -0.275. The van der Waals surface area contributed by atoms with Crippen molar-refractivity contribution in [3.05, 3.63) is 40.7 Å². The fourth-order valence-corrected chi connectivity index (χ4v) is 1.34. The topological polar surface area (TPSA) is 90.2 Å². The van der Waals surface area contributed by atoms with Gasteiger partial charge in [0, 0.05) is 6.07 Å². The molecule has 10 heteroatoms. The van der Waals surface area contributed by atoms with Gasteiger partial charge in [0.2, 0.25) is 5.88 Å². The van der Waals surface area contributed by atoms with Crippen LogP contribution in [0.2, 0.25) is 0 Å². The lowest BCUT2D eigenvalue weighted by Gasteiger charge is -2.11. The van der Waals surface area contributed by atoms with Crippen LogP contribution in [-0.2, 0) is 0 Å². The Morgan fingerprint density at radius 1 is 1.29 bits per heavy atom. The molecular formula is C11H7F4N3O3. The highest BCUT2D eigenvalue weighted by Gasteiger charge is 2.32. The van der Waals surface area contributed by atoms with Crippen LogP contribution in [0.3, 0.4) is 0 Å². The van der Waals surface area contributed by atoms with Gasteiger partial charge in [-0.25, -0.2) is 9.37 Å². The number of hydrogen-bond donors (Lipinski definition) is 2. The van der Waals surface area contributed by atoms with Gasteiger partial charge in [0.1, 0.15) is 5.75 Å². The van der Waals surface area contributed by atoms with Gasteiger partial charge in [0.15, 0.2) is 17.3 Å². The first kappa shape index (κ1) is 14.6. The lowest BCUT2D eigenvalue weighted by atomic mass is 10.3. The molecular weight excluding hydrogens is 298 g/mol. The van der Waals surface area contributed by atoms with E-state index in [4.69, 9.17) is 10.5 Å². The van der Waals surface area contributed by atoms with Gasteiger partial charge in [-0.15, -0.1) is 13.2 Å². The Kier molecular flexibility index (Phi) is 3.70. The summed E-state index contributed by atoms with van der Waals surface area (Å²) in [5.74, 6) is -2.88. The van der Waals surface area contributed by atoms with Crippen molar-refractivity contribution in [1.29, 1.82) is 0 Å². The van der Waals surface area contributed by atoms with Gasteiger partial charge in [-0.3, -0.25) is 4.79 Å². The number of benzene rings is 1. The number of aromatic nitrogens is 2. The Labute approximate surface area is 114 Å². The largest absolute Gasteiger partial charge is 0.573 e. The minimum Gasteiger partial charge on any atom is -0.437 e. The number of aromatic amines is 1. The number of ether oxygens (including phenoxy) is 2. The zero-order valence-corrected chi connectivity index (χ0v) is 10.1. The van der Waals surface area contributed by atoms with Crippen LogP contribution in [0.1, 0.15) is 0 Å². The molecule has 0 atom stereocenters. The van der Waals surface area contributed by atoms with E-state index in [0.717, 1.165) is 12.4 Å². The first-order valence-corrected chi connectivity index (χ1v) is 5.32. The average Bonchev–Trinajstić information content (AvgIpc) is 2.37. The van der Waals surface area contributed by atoms with Gasteiger partial charge in [0.05, 0.1) is 6.33 Å². The normalized spacial score (nSPS) is 11.2. The summed E-state index contributed by atoms with van der Waals surface area (Å²) in [5, 5.41) is 0. The summed E-state index contributed by atoms with van der Waals surface area (Å²) in [4.78, 5) is 17.0. The summed E-state index contributed by atoms with van der Waals surface area (Å²) >= 11 is 0. The van der Waals surface area contributed by atoms with Crippen molar-refractivity contribution >= 4 is 5.69 Å². The van der Waals surface area contributed by atoms with E-state index in [1.165, 1.54) is 0 Å². The standard InChI is InChI=1S/C11H7F4N3O3/c12-6-2-1-5(3-7(6)21-11(13,14)15)20-10-8(16)9(19)17-4-18-10/h1-4H,16H2,(H,17,18,19). The Bertz CT molecular complexity index is 715. The molecule has 0 amide bonds. The second-order valence-electron chi connectivity index (χ2n) is 3.69. The molecule has 0 unspecified atom stereocenters. The van der Waals surface area contributed by atoms with Gasteiger partial charge < -0.3 is 20.2 Å². The number of hydrogen-bond acceptors (Lipinski definition) is 5. The van der Waals surface area contributed by atoms with E-state index in [0.29, 0.717) is 12.1 Å². The van der Waals surface area contributed by atoms with Crippen LogP contribution in [0.5, 0.6) is 17.4 Å². The fraction of sp³-hybridized carbons (Fsp3) is 0.0909. The first-order chi connectivity index (χ1) is 9.76. The van der Waals surface area contributed by atoms with Gasteiger partial charge in [-0.05, 0) is 12.1 Å². The molecule has 1 aromatic carbocycles. The fourth-order valence-electron chi connectivity index (χ4n) is 1.34. The molecule has 2 aromatic rings. The van der Waals surface area contributed by atoms with Crippen LogP contribution in [-0.4, -0.2) is 16.3 Å². The van der Waals surface area contributed by atoms with Crippen molar-refractivity contribution < 1.29 is 27.0 Å². The maximum absolute atomic E-state index is 13.2. The van der Waals surface area contributed by atoms with E-state index >= 15 is 0 Å². The van der Waals surface area contributed by atoms with Gasteiger partial charge in [0.25, 0.3) is 5.56 Å². The molecule has 6 nitrogen and oxygen atoms in total.